The van der Waals surface area contributed by atoms with Crippen LogP contribution in [0.2, 0.25) is 0 Å². The van der Waals surface area contributed by atoms with Gasteiger partial charge in [-0.05, 0) is 43.4 Å². The Labute approximate surface area is 127 Å². The lowest BCUT2D eigenvalue weighted by Gasteiger charge is -2.12. The van der Waals surface area contributed by atoms with Gasteiger partial charge >= 0.3 is 0 Å². The first-order valence-electron chi connectivity index (χ1n) is 7.45. The number of nitrogens with zero attached hydrogens (tertiary/aromatic N) is 2. The maximum atomic E-state index is 4.29. The standard InChI is InChI=1S/C17H24N4/c1-12(2)8-9-18-16-10-17(20-11-19-16)21-15-7-5-6-13(3)14(15)4/h5-7,10-12H,8-9H2,1-4H3,(H2,18,19,20,21). The van der Waals surface area contributed by atoms with Crippen molar-refractivity contribution in [2.24, 2.45) is 5.92 Å². The van der Waals surface area contributed by atoms with E-state index in [1.807, 2.05) is 12.1 Å². The Kier molecular flexibility index (Phi) is 5.14. The summed E-state index contributed by atoms with van der Waals surface area (Å²) in [5.41, 5.74) is 3.59. The van der Waals surface area contributed by atoms with Gasteiger partial charge in [-0.15, -0.1) is 0 Å². The van der Waals surface area contributed by atoms with Crippen LogP contribution in [0.5, 0.6) is 0 Å². The second-order valence-corrected chi connectivity index (χ2v) is 5.77. The van der Waals surface area contributed by atoms with Crippen molar-refractivity contribution in [1.82, 2.24) is 9.97 Å². The van der Waals surface area contributed by atoms with Crippen LogP contribution < -0.4 is 10.6 Å². The minimum absolute atomic E-state index is 0.687. The van der Waals surface area contributed by atoms with E-state index in [4.69, 9.17) is 0 Å². The Bertz CT molecular complexity index is 593. The molecule has 2 N–H and O–H groups in total. The molecule has 0 aliphatic carbocycles. The van der Waals surface area contributed by atoms with Crippen LogP contribution in [0.25, 0.3) is 0 Å². The lowest BCUT2D eigenvalue weighted by molar-refractivity contribution is 0.606. The van der Waals surface area contributed by atoms with Gasteiger partial charge in [-0.2, -0.15) is 0 Å². The van der Waals surface area contributed by atoms with Crippen molar-refractivity contribution >= 4 is 17.3 Å². The van der Waals surface area contributed by atoms with E-state index in [2.05, 4.69) is 60.4 Å². The molecular formula is C17H24N4. The molecule has 1 heterocycles. The normalized spacial score (nSPS) is 10.7. The fourth-order valence-electron chi connectivity index (χ4n) is 2.04. The maximum Gasteiger partial charge on any atom is 0.135 e. The van der Waals surface area contributed by atoms with Gasteiger partial charge in [0.25, 0.3) is 0 Å². The molecule has 0 atom stereocenters. The summed E-state index contributed by atoms with van der Waals surface area (Å²) in [7, 11) is 0. The number of nitrogens with one attached hydrogen (secondary N) is 2. The van der Waals surface area contributed by atoms with Crippen LogP contribution in [-0.4, -0.2) is 16.5 Å². The van der Waals surface area contributed by atoms with Crippen molar-refractivity contribution in [2.45, 2.75) is 34.1 Å². The smallest absolute Gasteiger partial charge is 0.135 e. The first-order chi connectivity index (χ1) is 10.1. The fourth-order valence-corrected chi connectivity index (χ4v) is 2.04. The molecule has 0 unspecified atom stereocenters. The molecule has 2 rings (SSSR count). The zero-order valence-electron chi connectivity index (χ0n) is 13.3. The van der Waals surface area contributed by atoms with Gasteiger partial charge in [-0.25, -0.2) is 9.97 Å². The quantitative estimate of drug-likeness (QED) is 0.830. The molecule has 2 aromatic rings. The predicted molar refractivity (Wildman–Crippen MR) is 89.2 cm³/mol. The summed E-state index contributed by atoms with van der Waals surface area (Å²) in [4.78, 5) is 8.54. The Hall–Kier alpha value is -2.10. The number of benzene rings is 1. The number of hydrogen-bond acceptors (Lipinski definition) is 4. The second kappa shape index (κ2) is 7.07. The maximum absolute atomic E-state index is 4.29. The third-order valence-corrected chi connectivity index (χ3v) is 3.56. The first-order valence-corrected chi connectivity index (χ1v) is 7.45. The Morgan fingerprint density at radius 3 is 2.62 bits per heavy atom. The SMILES string of the molecule is Cc1cccc(Nc2cc(NCCC(C)C)ncn2)c1C. The van der Waals surface area contributed by atoms with Crippen LogP contribution in [0.15, 0.2) is 30.6 Å². The van der Waals surface area contributed by atoms with Crippen LogP contribution in [0.4, 0.5) is 17.3 Å². The van der Waals surface area contributed by atoms with E-state index in [9.17, 15) is 0 Å². The number of rotatable bonds is 6. The summed E-state index contributed by atoms with van der Waals surface area (Å²) in [5, 5.41) is 6.70. The first kappa shape index (κ1) is 15.3. The van der Waals surface area contributed by atoms with E-state index in [1.54, 1.807) is 6.33 Å². The number of hydrogen-bond donors (Lipinski definition) is 2. The highest BCUT2D eigenvalue weighted by Crippen LogP contribution is 2.22. The van der Waals surface area contributed by atoms with E-state index >= 15 is 0 Å². The highest BCUT2D eigenvalue weighted by Gasteiger charge is 2.03. The van der Waals surface area contributed by atoms with E-state index < -0.39 is 0 Å². The Morgan fingerprint density at radius 1 is 1.10 bits per heavy atom. The molecule has 1 aromatic carbocycles. The average molecular weight is 284 g/mol. The van der Waals surface area contributed by atoms with Gasteiger partial charge in [0.15, 0.2) is 0 Å². The lowest BCUT2D eigenvalue weighted by Crippen LogP contribution is -2.07. The summed E-state index contributed by atoms with van der Waals surface area (Å²) in [6, 6.07) is 8.17. The number of aromatic nitrogens is 2. The van der Waals surface area contributed by atoms with Crippen molar-refractivity contribution in [3.63, 3.8) is 0 Å². The molecule has 0 radical (unpaired) electrons. The van der Waals surface area contributed by atoms with Crippen molar-refractivity contribution in [1.29, 1.82) is 0 Å². The molecule has 0 saturated carbocycles. The molecule has 0 aliphatic heterocycles. The topological polar surface area (TPSA) is 49.8 Å². The van der Waals surface area contributed by atoms with E-state index in [0.717, 1.165) is 30.3 Å². The van der Waals surface area contributed by atoms with E-state index in [1.165, 1.54) is 11.1 Å². The summed E-state index contributed by atoms with van der Waals surface area (Å²) in [5.74, 6) is 2.36. The van der Waals surface area contributed by atoms with E-state index in [-0.39, 0.29) is 0 Å². The number of aryl methyl sites for hydroxylation is 1. The van der Waals surface area contributed by atoms with Gasteiger partial charge in [-0.1, -0.05) is 26.0 Å². The van der Waals surface area contributed by atoms with Crippen LogP contribution in [0.1, 0.15) is 31.4 Å². The van der Waals surface area contributed by atoms with Gasteiger partial charge in [0.1, 0.15) is 18.0 Å². The zero-order valence-corrected chi connectivity index (χ0v) is 13.3. The molecule has 21 heavy (non-hydrogen) atoms. The van der Waals surface area contributed by atoms with Gasteiger partial charge in [0.05, 0.1) is 0 Å². The van der Waals surface area contributed by atoms with E-state index in [0.29, 0.717) is 5.92 Å². The monoisotopic (exact) mass is 284 g/mol. The summed E-state index contributed by atoms with van der Waals surface area (Å²) in [6.07, 6.45) is 2.72. The minimum atomic E-state index is 0.687. The molecule has 0 amide bonds. The second-order valence-electron chi connectivity index (χ2n) is 5.77. The third kappa shape index (κ3) is 4.45. The lowest BCUT2D eigenvalue weighted by atomic mass is 10.1. The van der Waals surface area contributed by atoms with Crippen LogP contribution in [0, 0.1) is 19.8 Å². The molecule has 0 bridgehead atoms. The summed E-state index contributed by atoms with van der Waals surface area (Å²) >= 11 is 0. The Balaban J connectivity index is 2.05. The molecular weight excluding hydrogens is 260 g/mol. The highest BCUT2D eigenvalue weighted by atomic mass is 15.1. The average Bonchev–Trinajstić information content (AvgIpc) is 2.44. The zero-order chi connectivity index (χ0) is 15.2. The predicted octanol–water partition coefficient (Wildman–Crippen LogP) is 4.30. The van der Waals surface area contributed by atoms with Gasteiger partial charge in [0, 0.05) is 18.3 Å². The van der Waals surface area contributed by atoms with Gasteiger partial charge in [-0.3, -0.25) is 0 Å². The largest absolute Gasteiger partial charge is 0.370 e. The highest BCUT2D eigenvalue weighted by molar-refractivity contribution is 5.63. The van der Waals surface area contributed by atoms with Crippen molar-refractivity contribution < 1.29 is 0 Å². The molecule has 1 aromatic heterocycles. The van der Waals surface area contributed by atoms with Crippen LogP contribution in [0.3, 0.4) is 0 Å². The van der Waals surface area contributed by atoms with Gasteiger partial charge < -0.3 is 10.6 Å². The number of anilines is 3. The van der Waals surface area contributed by atoms with Crippen molar-refractivity contribution in [3.8, 4) is 0 Å². The molecule has 0 spiro atoms. The Morgan fingerprint density at radius 2 is 1.86 bits per heavy atom. The molecule has 0 saturated heterocycles. The molecule has 0 aliphatic rings. The summed E-state index contributed by atoms with van der Waals surface area (Å²) in [6.45, 7) is 9.59. The van der Waals surface area contributed by atoms with Crippen molar-refractivity contribution in [2.75, 3.05) is 17.2 Å². The summed E-state index contributed by atoms with van der Waals surface area (Å²) < 4.78 is 0. The molecule has 0 fully saturated rings. The molecule has 112 valence electrons. The van der Waals surface area contributed by atoms with Crippen molar-refractivity contribution in [3.05, 3.63) is 41.7 Å². The van der Waals surface area contributed by atoms with Crippen LogP contribution in [-0.2, 0) is 0 Å². The molecule has 4 nitrogen and oxygen atoms in total. The molecule has 4 heteroatoms. The fraction of sp³-hybridized carbons (Fsp3) is 0.412. The minimum Gasteiger partial charge on any atom is -0.370 e. The van der Waals surface area contributed by atoms with Gasteiger partial charge in [0.2, 0.25) is 0 Å². The van der Waals surface area contributed by atoms with Crippen LogP contribution >= 0.6 is 0 Å². The third-order valence-electron chi connectivity index (χ3n) is 3.56.